The number of nitrogens with zero attached hydrogens (tertiary/aromatic N) is 1. The first-order valence-electron chi connectivity index (χ1n) is 16.4. The van der Waals surface area contributed by atoms with Gasteiger partial charge in [0.2, 0.25) is 0 Å². The molecule has 5 saturated carbocycles. The van der Waals surface area contributed by atoms with E-state index in [1.165, 1.54) is 12.8 Å². The number of fused-ring (bicyclic) bond motifs is 4. The van der Waals surface area contributed by atoms with Crippen LogP contribution in [0, 0.1) is 50.7 Å². The molecular formula is C34H53NO5. The Labute approximate surface area is 241 Å². The number of ether oxygens (including phenoxy) is 2. The minimum atomic E-state index is -0.539. The Kier molecular flexibility index (Phi) is 5.89. The van der Waals surface area contributed by atoms with Gasteiger partial charge in [-0.1, -0.05) is 41.2 Å². The number of rotatable bonds is 3. The van der Waals surface area contributed by atoms with Crippen LogP contribution in [0.2, 0.25) is 0 Å². The second kappa shape index (κ2) is 8.50. The lowest BCUT2D eigenvalue weighted by Crippen LogP contribution is -2.59. The molecule has 2 saturated heterocycles. The van der Waals surface area contributed by atoms with E-state index in [2.05, 4.69) is 41.2 Å². The van der Waals surface area contributed by atoms with Crippen LogP contribution in [0.1, 0.15) is 99.3 Å². The normalized spacial score (nSPS) is 54.5. The molecule has 0 aromatic carbocycles. The Morgan fingerprint density at radius 3 is 2.35 bits per heavy atom. The summed E-state index contributed by atoms with van der Waals surface area (Å²) in [6, 6.07) is 0. The molecule has 7 rings (SSSR count). The largest absolute Gasteiger partial charge is 0.439 e. The van der Waals surface area contributed by atoms with Gasteiger partial charge in [0.1, 0.15) is 0 Å². The molecule has 1 amide bonds. The van der Waals surface area contributed by atoms with Crippen LogP contribution in [-0.4, -0.2) is 64.8 Å². The van der Waals surface area contributed by atoms with Gasteiger partial charge in [0, 0.05) is 18.5 Å². The highest BCUT2D eigenvalue weighted by molar-refractivity contribution is 5.69. The number of aliphatic hydroxyl groups is 2. The Bertz CT molecular complexity index is 1100. The number of aliphatic hydroxyl groups excluding tert-OH is 2. The van der Waals surface area contributed by atoms with Gasteiger partial charge in [-0.3, -0.25) is 0 Å². The summed E-state index contributed by atoms with van der Waals surface area (Å²) in [5.74, 6) is 1.70. The molecule has 0 radical (unpaired) electrons. The quantitative estimate of drug-likeness (QED) is 0.421. The molecule has 7 aliphatic rings. The van der Waals surface area contributed by atoms with Crippen molar-refractivity contribution in [3.05, 3.63) is 12.2 Å². The summed E-state index contributed by atoms with van der Waals surface area (Å²) in [5, 5.41) is 23.4. The van der Waals surface area contributed by atoms with E-state index in [4.69, 9.17) is 9.47 Å². The monoisotopic (exact) mass is 555 g/mol. The van der Waals surface area contributed by atoms with E-state index < -0.39 is 12.2 Å². The molecular weight excluding hydrogens is 502 g/mol. The van der Waals surface area contributed by atoms with Crippen molar-refractivity contribution in [2.24, 2.45) is 50.7 Å². The smallest absolute Gasteiger partial charge is 0.410 e. The molecule has 2 heterocycles. The van der Waals surface area contributed by atoms with Gasteiger partial charge >= 0.3 is 6.09 Å². The van der Waals surface area contributed by atoms with Crippen LogP contribution in [0.15, 0.2) is 12.2 Å². The highest BCUT2D eigenvalue weighted by Crippen LogP contribution is 2.89. The van der Waals surface area contributed by atoms with E-state index >= 15 is 0 Å². The van der Waals surface area contributed by atoms with Crippen LogP contribution in [0.4, 0.5) is 4.79 Å². The minimum Gasteiger partial charge on any atom is -0.439 e. The van der Waals surface area contributed by atoms with Crippen LogP contribution < -0.4 is 0 Å². The van der Waals surface area contributed by atoms with Crippen molar-refractivity contribution in [1.82, 2.24) is 4.90 Å². The van der Waals surface area contributed by atoms with Crippen LogP contribution in [0.5, 0.6) is 0 Å². The second-order valence-electron chi connectivity index (χ2n) is 16.6. The molecule has 7 fully saturated rings. The molecule has 0 aromatic heterocycles. The summed E-state index contributed by atoms with van der Waals surface area (Å²) in [6.07, 6.45) is 7.85. The second-order valence-corrected chi connectivity index (χ2v) is 16.6. The average Bonchev–Trinajstić information content (AvgIpc) is 3.48. The van der Waals surface area contributed by atoms with Crippen LogP contribution >= 0.6 is 0 Å². The summed E-state index contributed by atoms with van der Waals surface area (Å²) < 4.78 is 12.9. The summed E-state index contributed by atoms with van der Waals surface area (Å²) in [7, 11) is 0. The first kappa shape index (κ1) is 27.7. The standard InChI is InChI=1S/C34H53NO5/c1-19(2)26(40-29(38)35-15-8-16-35)21-17-20(3)25-27(39-21)28(37)32(7)23-10-9-22-30(4,5)24(36)11-12-33(22)18-34(23,33)14-13-31(25,32)6/h20-28,36-37H,1,8-18H2,2-7H3/t20-,21-,22+,23+,24+,25+,26-,27+,28+,31-,32-,33?,34+/m1/s1. The van der Waals surface area contributed by atoms with Gasteiger partial charge in [-0.05, 0) is 116 Å². The zero-order valence-electron chi connectivity index (χ0n) is 25.7. The van der Waals surface area contributed by atoms with Gasteiger partial charge in [-0.2, -0.15) is 0 Å². The third kappa shape index (κ3) is 3.15. The molecule has 40 heavy (non-hydrogen) atoms. The predicted octanol–water partition coefficient (Wildman–Crippen LogP) is 5.95. The molecule has 2 aliphatic heterocycles. The highest BCUT2D eigenvalue weighted by Gasteiger charge is 2.84. The molecule has 0 bridgehead atoms. The zero-order valence-corrected chi connectivity index (χ0v) is 25.7. The van der Waals surface area contributed by atoms with Gasteiger partial charge in [0.05, 0.1) is 24.4 Å². The maximum absolute atomic E-state index is 12.8. The molecule has 224 valence electrons. The van der Waals surface area contributed by atoms with Crippen molar-refractivity contribution in [1.29, 1.82) is 0 Å². The first-order valence-corrected chi connectivity index (χ1v) is 16.4. The van der Waals surface area contributed by atoms with Crippen molar-refractivity contribution in [2.75, 3.05) is 13.1 Å². The van der Waals surface area contributed by atoms with Crippen LogP contribution in [-0.2, 0) is 9.47 Å². The molecule has 0 aromatic rings. The van der Waals surface area contributed by atoms with E-state index in [-0.39, 0.29) is 46.6 Å². The fourth-order valence-corrected chi connectivity index (χ4v) is 12.7. The molecule has 6 nitrogen and oxygen atoms in total. The number of carbonyl (C=O) groups excluding carboxylic acids is 1. The third-order valence-electron chi connectivity index (χ3n) is 15.0. The average molecular weight is 556 g/mol. The number of hydrogen-bond donors (Lipinski definition) is 2. The maximum atomic E-state index is 12.8. The summed E-state index contributed by atoms with van der Waals surface area (Å²) in [4.78, 5) is 14.5. The molecule has 13 atom stereocenters. The first-order chi connectivity index (χ1) is 18.7. The van der Waals surface area contributed by atoms with E-state index in [0.29, 0.717) is 28.6 Å². The van der Waals surface area contributed by atoms with E-state index in [0.717, 1.165) is 63.6 Å². The SMILES string of the molecule is C=C(C)[C@@H](OC(=O)N1CCC1)[C@H]1C[C@@H](C)[C@H]2[C@H](O1)[C@H](O)[C@@]1(C)[C@@H]3CC[C@H]4C(C)(C)[C@@H](O)CCC45C[C@@]35CC[C@]21C. The zero-order chi connectivity index (χ0) is 28.6. The van der Waals surface area contributed by atoms with Gasteiger partial charge in [-0.15, -0.1) is 0 Å². The lowest BCUT2D eigenvalue weighted by Gasteiger charge is -2.63. The lowest BCUT2D eigenvalue weighted by atomic mass is 9.41. The topological polar surface area (TPSA) is 79.2 Å². The maximum Gasteiger partial charge on any atom is 0.410 e. The highest BCUT2D eigenvalue weighted by atomic mass is 16.6. The third-order valence-corrected chi connectivity index (χ3v) is 15.0. The number of hydrogen-bond acceptors (Lipinski definition) is 5. The fourth-order valence-electron chi connectivity index (χ4n) is 12.7. The Morgan fingerprint density at radius 2 is 1.70 bits per heavy atom. The van der Waals surface area contributed by atoms with E-state index in [1.807, 2.05) is 6.92 Å². The molecule has 2 N–H and O–H groups in total. The van der Waals surface area contributed by atoms with E-state index in [9.17, 15) is 15.0 Å². The Morgan fingerprint density at radius 1 is 1.02 bits per heavy atom. The number of likely N-dealkylation sites (tertiary alicyclic amines) is 1. The van der Waals surface area contributed by atoms with Gasteiger partial charge in [-0.25, -0.2) is 4.79 Å². The molecule has 2 spiro atoms. The van der Waals surface area contributed by atoms with E-state index in [1.54, 1.807) is 4.90 Å². The number of carbonyl (C=O) groups is 1. The van der Waals surface area contributed by atoms with Crippen molar-refractivity contribution in [3.63, 3.8) is 0 Å². The van der Waals surface area contributed by atoms with Crippen molar-refractivity contribution in [2.45, 2.75) is 130 Å². The van der Waals surface area contributed by atoms with Gasteiger partial charge in [0.25, 0.3) is 0 Å². The number of amides is 1. The van der Waals surface area contributed by atoms with Crippen molar-refractivity contribution < 1.29 is 24.5 Å². The minimum absolute atomic E-state index is 0.00469. The Balaban J connectivity index is 1.19. The predicted molar refractivity (Wildman–Crippen MR) is 153 cm³/mol. The molecule has 1 unspecified atom stereocenters. The van der Waals surface area contributed by atoms with Crippen molar-refractivity contribution >= 4 is 6.09 Å². The lowest BCUT2D eigenvalue weighted by molar-refractivity contribution is -0.183. The summed E-state index contributed by atoms with van der Waals surface area (Å²) >= 11 is 0. The van der Waals surface area contributed by atoms with Crippen LogP contribution in [0.25, 0.3) is 0 Å². The van der Waals surface area contributed by atoms with Gasteiger partial charge < -0.3 is 24.6 Å². The summed E-state index contributed by atoms with van der Waals surface area (Å²) in [6.45, 7) is 19.5. The molecule has 5 aliphatic carbocycles. The fraction of sp³-hybridized carbons (Fsp3) is 0.912. The summed E-state index contributed by atoms with van der Waals surface area (Å²) in [5.41, 5.74) is 1.20. The molecule has 6 heteroatoms. The van der Waals surface area contributed by atoms with Crippen LogP contribution in [0.3, 0.4) is 0 Å². The van der Waals surface area contributed by atoms with Crippen molar-refractivity contribution in [3.8, 4) is 0 Å². The Hall–Kier alpha value is -1.11. The van der Waals surface area contributed by atoms with Gasteiger partial charge in [0.15, 0.2) is 6.10 Å².